The lowest BCUT2D eigenvalue weighted by atomic mass is 9.98. The van der Waals surface area contributed by atoms with E-state index in [0.717, 1.165) is 40.3 Å². The fraction of sp³-hybridized carbons (Fsp3) is 0.0952. The predicted molar refractivity (Wildman–Crippen MR) is 101 cm³/mol. The highest BCUT2D eigenvalue weighted by Crippen LogP contribution is 2.27. The van der Waals surface area contributed by atoms with Crippen LogP contribution in [0, 0.1) is 0 Å². The van der Waals surface area contributed by atoms with Crippen LogP contribution < -0.4 is 5.43 Å². The van der Waals surface area contributed by atoms with Gasteiger partial charge in [0.15, 0.2) is 5.84 Å². The molecule has 4 nitrogen and oxygen atoms in total. The molecule has 2 heterocycles. The SMILES string of the molecule is CCc1ccc2c(c1)C(c1ccccc1)=NNC(c1ccncc1)=N2. The summed E-state index contributed by atoms with van der Waals surface area (Å²) in [5, 5.41) is 4.68. The van der Waals surface area contributed by atoms with E-state index in [1.54, 1.807) is 12.4 Å². The molecule has 1 aliphatic rings. The molecule has 1 N–H and O–H groups in total. The quantitative estimate of drug-likeness (QED) is 0.788. The van der Waals surface area contributed by atoms with Crippen LogP contribution in [-0.4, -0.2) is 16.5 Å². The van der Waals surface area contributed by atoms with Gasteiger partial charge in [0.2, 0.25) is 0 Å². The van der Waals surface area contributed by atoms with Crippen LogP contribution in [0.25, 0.3) is 0 Å². The smallest absolute Gasteiger partial charge is 0.154 e. The number of nitrogens with zero attached hydrogens (tertiary/aromatic N) is 3. The Morgan fingerprint density at radius 3 is 2.44 bits per heavy atom. The van der Waals surface area contributed by atoms with Gasteiger partial charge in [-0.2, -0.15) is 5.10 Å². The topological polar surface area (TPSA) is 49.6 Å². The van der Waals surface area contributed by atoms with Gasteiger partial charge in [0, 0.05) is 29.1 Å². The Balaban J connectivity index is 1.89. The molecule has 0 fully saturated rings. The predicted octanol–water partition coefficient (Wildman–Crippen LogP) is 4.08. The van der Waals surface area contributed by atoms with Crippen molar-refractivity contribution in [2.24, 2.45) is 10.1 Å². The van der Waals surface area contributed by atoms with E-state index in [9.17, 15) is 0 Å². The highest BCUT2D eigenvalue weighted by atomic mass is 15.3. The molecule has 0 amide bonds. The van der Waals surface area contributed by atoms with Crippen LogP contribution >= 0.6 is 0 Å². The first kappa shape index (κ1) is 15.3. The summed E-state index contributed by atoms with van der Waals surface area (Å²) < 4.78 is 0. The van der Waals surface area contributed by atoms with Crippen molar-refractivity contribution in [1.29, 1.82) is 0 Å². The number of aromatic nitrogens is 1. The molecule has 0 saturated heterocycles. The van der Waals surface area contributed by atoms with Gasteiger partial charge >= 0.3 is 0 Å². The molecular weight excluding hydrogens is 308 g/mol. The second kappa shape index (κ2) is 6.69. The molecule has 0 aliphatic carbocycles. The second-order valence-electron chi connectivity index (χ2n) is 5.84. The number of amidine groups is 1. The Morgan fingerprint density at radius 1 is 0.880 bits per heavy atom. The Labute approximate surface area is 147 Å². The summed E-state index contributed by atoms with van der Waals surface area (Å²) in [6.07, 6.45) is 4.49. The lowest BCUT2D eigenvalue weighted by Crippen LogP contribution is -2.19. The molecule has 1 aromatic heterocycles. The maximum absolute atomic E-state index is 4.82. The minimum absolute atomic E-state index is 0.721. The van der Waals surface area contributed by atoms with Crippen molar-refractivity contribution >= 4 is 17.2 Å². The third-order valence-corrected chi connectivity index (χ3v) is 4.23. The van der Waals surface area contributed by atoms with Crippen molar-refractivity contribution in [3.8, 4) is 0 Å². The number of hydrogen-bond donors (Lipinski definition) is 1. The van der Waals surface area contributed by atoms with Crippen LogP contribution in [0.2, 0.25) is 0 Å². The van der Waals surface area contributed by atoms with Gasteiger partial charge in [-0.05, 0) is 36.2 Å². The number of rotatable bonds is 3. The zero-order chi connectivity index (χ0) is 17.1. The molecule has 0 unspecified atom stereocenters. The lowest BCUT2D eigenvalue weighted by molar-refractivity contribution is 1.03. The third kappa shape index (κ3) is 3.06. The average molecular weight is 326 g/mol. The summed E-state index contributed by atoms with van der Waals surface area (Å²) in [6.45, 7) is 2.15. The fourth-order valence-corrected chi connectivity index (χ4v) is 2.86. The van der Waals surface area contributed by atoms with E-state index in [1.165, 1.54) is 5.56 Å². The molecule has 0 spiro atoms. The highest BCUT2D eigenvalue weighted by Gasteiger charge is 2.17. The van der Waals surface area contributed by atoms with Gasteiger partial charge in [-0.1, -0.05) is 43.3 Å². The van der Waals surface area contributed by atoms with Crippen molar-refractivity contribution in [3.05, 3.63) is 95.3 Å². The molecule has 0 saturated carbocycles. The Hall–Kier alpha value is -3.27. The van der Waals surface area contributed by atoms with E-state index in [1.807, 2.05) is 30.3 Å². The molecule has 0 bridgehead atoms. The van der Waals surface area contributed by atoms with Gasteiger partial charge in [-0.3, -0.25) is 10.4 Å². The molecule has 4 heteroatoms. The summed E-state index contributed by atoms with van der Waals surface area (Å²) in [4.78, 5) is 8.90. The molecule has 0 radical (unpaired) electrons. The number of aliphatic imine (C=N–C) groups is 1. The van der Waals surface area contributed by atoms with Gasteiger partial charge in [-0.25, -0.2) is 4.99 Å². The van der Waals surface area contributed by atoms with Gasteiger partial charge in [0.25, 0.3) is 0 Å². The van der Waals surface area contributed by atoms with E-state index in [0.29, 0.717) is 0 Å². The minimum atomic E-state index is 0.721. The number of pyridine rings is 1. The van der Waals surface area contributed by atoms with Gasteiger partial charge in [0.05, 0.1) is 11.4 Å². The zero-order valence-corrected chi connectivity index (χ0v) is 14.0. The van der Waals surface area contributed by atoms with Crippen molar-refractivity contribution in [3.63, 3.8) is 0 Å². The van der Waals surface area contributed by atoms with Crippen molar-refractivity contribution in [1.82, 2.24) is 10.4 Å². The van der Waals surface area contributed by atoms with E-state index >= 15 is 0 Å². The molecular formula is C21H18N4. The van der Waals surface area contributed by atoms with E-state index in [2.05, 4.69) is 52.8 Å². The molecule has 122 valence electrons. The normalized spacial score (nSPS) is 13.2. The summed E-state index contributed by atoms with van der Waals surface area (Å²) >= 11 is 0. The number of nitrogens with one attached hydrogen (secondary N) is 1. The third-order valence-electron chi connectivity index (χ3n) is 4.23. The number of benzene rings is 2. The van der Waals surface area contributed by atoms with Crippen molar-refractivity contribution < 1.29 is 0 Å². The number of hydrogen-bond acceptors (Lipinski definition) is 4. The van der Waals surface area contributed by atoms with Gasteiger partial charge in [0.1, 0.15) is 0 Å². The first-order valence-electron chi connectivity index (χ1n) is 8.36. The lowest BCUT2D eigenvalue weighted by Gasteiger charge is -2.09. The van der Waals surface area contributed by atoms with E-state index < -0.39 is 0 Å². The molecule has 4 rings (SSSR count). The molecule has 2 aromatic carbocycles. The number of hydrazone groups is 1. The Kier molecular flexibility index (Phi) is 4.09. The van der Waals surface area contributed by atoms with Crippen LogP contribution in [0.4, 0.5) is 5.69 Å². The Bertz CT molecular complexity index is 944. The highest BCUT2D eigenvalue weighted by molar-refractivity contribution is 6.18. The maximum atomic E-state index is 4.82. The first-order chi connectivity index (χ1) is 12.3. The van der Waals surface area contributed by atoms with Crippen LogP contribution in [0.1, 0.15) is 29.2 Å². The summed E-state index contributed by atoms with van der Waals surface area (Å²) in [6, 6.07) is 20.4. The Morgan fingerprint density at radius 2 is 1.68 bits per heavy atom. The summed E-state index contributed by atoms with van der Waals surface area (Å²) in [7, 11) is 0. The largest absolute Gasteiger partial charge is 0.265 e. The molecule has 3 aromatic rings. The maximum Gasteiger partial charge on any atom is 0.154 e. The van der Waals surface area contributed by atoms with Crippen molar-refractivity contribution in [2.75, 3.05) is 0 Å². The number of fused-ring (bicyclic) bond motifs is 1. The monoisotopic (exact) mass is 326 g/mol. The van der Waals surface area contributed by atoms with E-state index in [-0.39, 0.29) is 0 Å². The van der Waals surface area contributed by atoms with E-state index in [4.69, 9.17) is 4.99 Å². The van der Waals surface area contributed by atoms with Crippen LogP contribution in [0.5, 0.6) is 0 Å². The van der Waals surface area contributed by atoms with Crippen LogP contribution in [0.3, 0.4) is 0 Å². The first-order valence-corrected chi connectivity index (χ1v) is 8.36. The van der Waals surface area contributed by atoms with Gasteiger partial charge in [-0.15, -0.1) is 0 Å². The molecule has 25 heavy (non-hydrogen) atoms. The van der Waals surface area contributed by atoms with Gasteiger partial charge < -0.3 is 0 Å². The molecule has 0 atom stereocenters. The summed E-state index contributed by atoms with van der Waals surface area (Å²) in [5.74, 6) is 0.721. The summed E-state index contributed by atoms with van der Waals surface area (Å²) in [5.41, 5.74) is 9.29. The second-order valence-corrected chi connectivity index (χ2v) is 5.84. The van der Waals surface area contributed by atoms with Crippen molar-refractivity contribution in [2.45, 2.75) is 13.3 Å². The van der Waals surface area contributed by atoms with Crippen LogP contribution in [0.15, 0.2) is 83.2 Å². The fourth-order valence-electron chi connectivity index (χ4n) is 2.86. The van der Waals surface area contributed by atoms with Crippen LogP contribution in [-0.2, 0) is 6.42 Å². The zero-order valence-electron chi connectivity index (χ0n) is 14.0. The average Bonchev–Trinajstić information content (AvgIpc) is 2.88. The standard InChI is InChI=1S/C21H18N4/c1-2-15-8-9-19-18(14-15)20(16-6-4-3-5-7-16)24-25-21(23-19)17-10-12-22-13-11-17/h3-14H,2H2,1H3,(H,23,25). The molecule has 1 aliphatic heterocycles. The minimum Gasteiger partial charge on any atom is -0.265 e. The number of aryl methyl sites for hydroxylation is 1.